The van der Waals surface area contributed by atoms with E-state index in [1.54, 1.807) is 18.2 Å². The van der Waals surface area contributed by atoms with Gasteiger partial charge >= 0.3 is 5.97 Å². The van der Waals surface area contributed by atoms with Gasteiger partial charge in [-0.15, -0.1) is 0 Å². The number of carbonyl (C=O) groups is 1. The molecule has 0 aliphatic carbocycles. The first-order valence-corrected chi connectivity index (χ1v) is 6.43. The van der Waals surface area contributed by atoms with Crippen LogP contribution in [0.5, 0.6) is 5.75 Å². The minimum absolute atomic E-state index is 0.0339. The fraction of sp³-hybridized carbons (Fsp3) is 0.500. The van der Waals surface area contributed by atoms with Crippen molar-refractivity contribution < 1.29 is 15.0 Å². The fourth-order valence-electron chi connectivity index (χ4n) is 3.50. The second-order valence-electron chi connectivity index (χ2n) is 5.35. The molecule has 0 aromatic heterocycles. The number of aliphatic carboxylic acids is 1. The van der Waals surface area contributed by atoms with Crippen LogP contribution in [0.3, 0.4) is 0 Å². The summed E-state index contributed by atoms with van der Waals surface area (Å²) in [5.74, 6) is -0.891. The Morgan fingerprint density at radius 3 is 2.89 bits per heavy atom. The number of fused-ring (bicyclic) bond motifs is 2. The topological polar surface area (TPSA) is 69.6 Å². The number of nitrogens with one attached hydrogen (secondary N) is 1. The zero-order valence-corrected chi connectivity index (χ0v) is 10.0. The van der Waals surface area contributed by atoms with Gasteiger partial charge in [-0.2, -0.15) is 0 Å². The number of phenols is 1. The Hall–Kier alpha value is -1.55. The molecule has 4 atom stereocenters. The van der Waals surface area contributed by atoms with Gasteiger partial charge in [0.25, 0.3) is 0 Å². The summed E-state index contributed by atoms with van der Waals surface area (Å²) in [7, 11) is 0. The van der Waals surface area contributed by atoms with Crippen LogP contribution in [0.25, 0.3) is 0 Å². The molecule has 2 saturated heterocycles. The van der Waals surface area contributed by atoms with Crippen molar-refractivity contribution >= 4 is 5.97 Å². The van der Waals surface area contributed by atoms with E-state index < -0.39 is 5.97 Å². The lowest BCUT2D eigenvalue weighted by Gasteiger charge is -2.35. The second-order valence-corrected chi connectivity index (χ2v) is 5.35. The van der Waals surface area contributed by atoms with Gasteiger partial charge in [0.15, 0.2) is 0 Å². The van der Waals surface area contributed by atoms with Crippen molar-refractivity contribution in [3.63, 3.8) is 0 Å². The van der Waals surface area contributed by atoms with Gasteiger partial charge in [-0.05, 0) is 37.0 Å². The molecule has 96 valence electrons. The third-order valence-electron chi connectivity index (χ3n) is 4.25. The third kappa shape index (κ3) is 1.86. The number of hydrogen-bond acceptors (Lipinski definition) is 3. The molecule has 4 nitrogen and oxygen atoms in total. The number of carboxylic acid groups (broad SMARTS) is 1. The van der Waals surface area contributed by atoms with Gasteiger partial charge in [-0.3, -0.25) is 4.79 Å². The maximum Gasteiger partial charge on any atom is 0.307 e. The average molecular weight is 247 g/mol. The first-order chi connectivity index (χ1) is 8.65. The summed E-state index contributed by atoms with van der Waals surface area (Å²) in [4.78, 5) is 11.5. The van der Waals surface area contributed by atoms with E-state index >= 15 is 0 Å². The van der Waals surface area contributed by atoms with Gasteiger partial charge in [-0.25, -0.2) is 0 Å². The Labute approximate surface area is 106 Å². The van der Waals surface area contributed by atoms with Crippen molar-refractivity contribution in [3.8, 4) is 5.75 Å². The number of hydrogen-bond donors (Lipinski definition) is 3. The Balaban J connectivity index is 1.98. The highest BCUT2D eigenvalue weighted by atomic mass is 16.4. The molecule has 3 N–H and O–H groups in total. The standard InChI is InChI=1S/C14H17NO3/c16-10-3-1-2-8(6-10)13-11(14(17)18)7-9-4-5-12(13)15-9/h1-3,6,9,11-13,15-16H,4-5,7H2,(H,17,18). The van der Waals surface area contributed by atoms with E-state index in [1.807, 2.05) is 6.07 Å². The van der Waals surface area contributed by atoms with E-state index in [1.165, 1.54) is 0 Å². The van der Waals surface area contributed by atoms with Crippen molar-refractivity contribution in [2.24, 2.45) is 5.92 Å². The SMILES string of the molecule is O=C(O)C1CC2CCC(N2)C1c1cccc(O)c1. The number of piperidine rings is 1. The number of aromatic hydroxyl groups is 1. The van der Waals surface area contributed by atoms with Crippen LogP contribution in [-0.2, 0) is 4.79 Å². The van der Waals surface area contributed by atoms with E-state index in [-0.39, 0.29) is 23.6 Å². The lowest BCUT2D eigenvalue weighted by atomic mass is 9.77. The molecule has 1 aromatic rings. The lowest BCUT2D eigenvalue weighted by molar-refractivity contribution is -0.143. The number of phenolic OH excluding ortho intramolecular Hbond substituents is 1. The Bertz CT molecular complexity index is 474. The van der Waals surface area contributed by atoms with Gasteiger partial charge in [0.1, 0.15) is 5.75 Å². The first-order valence-electron chi connectivity index (χ1n) is 6.43. The zero-order valence-electron chi connectivity index (χ0n) is 10.0. The van der Waals surface area contributed by atoms with Crippen LogP contribution in [-0.4, -0.2) is 28.3 Å². The summed E-state index contributed by atoms with van der Waals surface area (Å²) in [5, 5.41) is 22.5. The molecule has 4 unspecified atom stereocenters. The molecule has 2 bridgehead atoms. The van der Waals surface area contributed by atoms with Gasteiger partial charge < -0.3 is 15.5 Å². The molecule has 2 heterocycles. The summed E-state index contributed by atoms with van der Waals surface area (Å²) >= 11 is 0. The number of benzene rings is 1. The molecule has 3 rings (SSSR count). The maximum absolute atomic E-state index is 11.5. The third-order valence-corrected chi connectivity index (χ3v) is 4.25. The second kappa shape index (κ2) is 4.28. The Morgan fingerprint density at radius 2 is 2.17 bits per heavy atom. The fourth-order valence-corrected chi connectivity index (χ4v) is 3.50. The highest BCUT2D eigenvalue weighted by Crippen LogP contribution is 2.42. The predicted molar refractivity (Wildman–Crippen MR) is 66.5 cm³/mol. The van der Waals surface area contributed by atoms with Crippen molar-refractivity contribution in [2.75, 3.05) is 0 Å². The normalized spacial score (nSPS) is 34.4. The Kier molecular flexibility index (Phi) is 2.74. The van der Waals surface area contributed by atoms with Crippen LogP contribution in [0.15, 0.2) is 24.3 Å². The summed E-state index contributed by atoms with van der Waals surface area (Å²) < 4.78 is 0. The van der Waals surface area contributed by atoms with Crippen LogP contribution in [0, 0.1) is 5.92 Å². The predicted octanol–water partition coefficient (Wildman–Crippen LogP) is 1.70. The van der Waals surface area contributed by atoms with E-state index in [0.29, 0.717) is 12.5 Å². The monoisotopic (exact) mass is 247 g/mol. The minimum atomic E-state index is -0.721. The highest BCUT2D eigenvalue weighted by Gasteiger charge is 2.45. The molecule has 2 fully saturated rings. The number of rotatable bonds is 2. The molecule has 2 aliphatic rings. The first kappa shape index (κ1) is 11.5. The smallest absolute Gasteiger partial charge is 0.307 e. The molecule has 0 saturated carbocycles. The highest BCUT2D eigenvalue weighted by molar-refractivity contribution is 5.72. The van der Waals surface area contributed by atoms with Crippen LogP contribution < -0.4 is 5.32 Å². The van der Waals surface area contributed by atoms with E-state index in [0.717, 1.165) is 18.4 Å². The maximum atomic E-state index is 11.5. The summed E-state index contributed by atoms with van der Waals surface area (Å²) in [6, 6.07) is 7.59. The molecule has 4 heteroatoms. The molecule has 0 radical (unpaired) electrons. The largest absolute Gasteiger partial charge is 0.508 e. The molecule has 18 heavy (non-hydrogen) atoms. The molecule has 0 amide bonds. The summed E-state index contributed by atoms with van der Waals surface area (Å²) in [5.41, 5.74) is 0.931. The summed E-state index contributed by atoms with van der Waals surface area (Å²) in [6.45, 7) is 0. The van der Waals surface area contributed by atoms with Crippen molar-refractivity contribution in [3.05, 3.63) is 29.8 Å². The lowest BCUT2D eigenvalue weighted by Crippen LogP contribution is -2.46. The molecule has 2 aliphatic heterocycles. The van der Waals surface area contributed by atoms with Crippen LogP contribution in [0.2, 0.25) is 0 Å². The van der Waals surface area contributed by atoms with Crippen molar-refractivity contribution in [1.29, 1.82) is 0 Å². The quantitative estimate of drug-likeness (QED) is 0.744. The van der Waals surface area contributed by atoms with Gasteiger partial charge in [-0.1, -0.05) is 12.1 Å². The van der Waals surface area contributed by atoms with Crippen LogP contribution in [0.1, 0.15) is 30.7 Å². The molecule has 1 aromatic carbocycles. The Morgan fingerprint density at radius 1 is 1.33 bits per heavy atom. The van der Waals surface area contributed by atoms with Crippen molar-refractivity contribution in [1.82, 2.24) is 5.32 Å². The molecular formula is C14H17NO3. The summed E-state index contributed by atoms with van der Waals surface area (Å²) in [6.07, 6.45) is 2.77. The van der Waals surface area contributed by atoms with E-state index in [4.69, 9.17) is 0 Å². The van der Waals surface area contributed by atoms with Gasteiger partial charge in [0.2, 0.25) is 0 Å². The average Bonchev–Trinajstić information content (AvgIpc) is 2.70. The molecular weight excluding hydrogens is 230 g/mol. The van der Waals surface area contributed by atoms with Gasteiger partial charge in [0.05, 0.1) is 5.92 Å². The zero-order chi connectivity index (χ0) is 12.7. The van der Waals surface area contributed by atoms with Crippen LogP contribution >= 0.6 is 0 Å². The van der Waals surface area contributed by atoms with Crippen molar-refractivity contribution in [2.45, 2.75) is 37.3 Å². The van der Waals surface area contributed by atoms with E-state index in [9.17, 15) is 15.0 Å². The van der Waals surface area contributed by atoms with Crippen LogP contribution in [0.4, 0.5) is 0 Å². The number of carboxylic acids is 1. The minimum Gasteiger partial charge on any atom is -0.508 e. The van der Waals surface area contributed by atoms with Gasteiger partial charge in [0, 0.05) is 18.0 Å². The van der Waals surface area contributed by atoms with E-state index in [2.05, 4.69) is 5.32 Å². The molecule has 0 spiro atoms.